The van der Waals surface area contributed by atoms with Crippen molar-refractivity contribution >= 4 is 28.8 Å². The minimum absolute atomic E-state index is 0.190. The molecule has 0 aromatic carbocycles. The first-order chi connectivity index (χ1) is 17.7. The zero-order valence-corrected chi connectivity index (χ0v) is 21.7. The fourth-order valence-electron chi connectivity index (χ4n) is 5.31. The average molecular weight is 505 g/mol. The molecule has 2 saturated heterocycles. The van der Waals surface area contributed by atoms with E-state index in [-0.39, 0.29) is 5.41 Å². The van der Waals surface area contributed by atoms with Gasteiger partial charge in [-0.3, -0.25) is 14.9 Å². The van der Waals surface area contributed by atoms with E-state index in [1.54, 1.807) is 29.7 Å². The Kier molecular flexibility index (Phi) is 6.43. The molecule has 2 fully saturated rings. The fourth-order valence-corrected chi connectivity index (χ4v) is 5.31. The zero-order valence-electron chi connectivity index (χ0n) is 21.7. The lowest BCUT2D eigenvalue weighted by Crippen LogP contribution is -2.45. The van der Waals surface area contributed by atoms with Crippen LogP contribution >= 0.6 is 0 Å². The first-order valence-electron chi connectivity index (χ1n) is 12.5. The molecule has 194 valence electrons. The van der Waals surface area contributed by atoms with Gasteiger partial charge >= 0.3 is 12.1 Å². The van der Waals surface area contributed by atoms with E-state index >= 15 is 0 Å². The maximum absolute atomic E-state index is 13.0. The second-order valence-electron chi connectivity index (χ2n) is 10.8. The number of hydrogen-bond acceptors (Lipinski definition) is 9. The number of amides is 1. The van der Waals surface area contributed by atoms with Gasteiger partial charge in [0.15, 0.2) is 5.82 Å². The number of anilines is 1. The fraction of sp³-hybridized carbons (Fsp3) is 0.481. The van der Waals surface area contributed by atoms with Gasteiger partial charge in [-0.05, 0) is 63.6 Å². The van der Waals surface area contributed by atoms with E-state index in [1.807, 2.05) is 39.0 Å². The summed E-state index contributed by atoms with van der Waals surface area (Å²) in [5.74, 6) is 1.09. The number of ether oxygens (including phenoxy) is 2. The van der Waals surface area contributed by atoms with Gasteiger partial charge in [-0.25, -0.2) is 19.6 Å². The molecule has 3 aromatic heterocycles. The van der Waals surface area contributed by atoms with Gasteiger partial charge in [0, 0.05) is 49.2 Å². The first kappa shape index (κ1) is 24.9. The maximum Gasteiger partial charge on any atom is 0.411 e. The number of carbonyl (C=O) groups is 2. The number of hydrogen-bond donors (Lipinski definition) is 0. The van der Waals surface area contributed by atoms with Crippen molar-refractivity contribution in [2.75, 3.05) is 31.6 Å². The molecule has 5 rings (SSSR count). The Morgan fingerprint density at radius 2 is 1.73 bits per heavy atom. The van der Waals surface area contributed by atoms with E-state index in [9.17, 15) is 9.59 Å². The Morgan fingerprint density at radius 1 is 1.03 bits per heavy atom. The normalized spacial score (nSPS) is 19.3. The third-order valence-corrected chi connectivity index (χ3v) is 7.15. The summed E-state index contributed by atoms with van der Waals surface area (Å²) in [7, 11) is 1.36. The van der Waals surface area contributed by atoms with Gasteiger partial charge in [0.25, 0.3) is 0 Å². The van der Waals surface area contributed by atoms with E-state index < -0.39 is 23.7 Å². The molecule has 2 aliphatic rings. The molecular formula is C27H32N6O4. The average Bonchev–Trinajstić information content (AvgIpc) is 3.27. The molecule has 1 unspecified atom stereocenters. The van der Waals surface area contributed by atoms with E-state index in [4.69, 9.17) is 19.4 Å². The lowest BCUT2D eigenvalue weighted by Gasteiger charge is -2.40. The molecule has 0 saturated carbocycles. The Labute approximate surface area is 216 Å². The highest BCUT2D eigenvalue weighted by atomic mass is 16.6. The largest absolute Gasteiger partial charge is 0.467 e. The van der Waals surface area contributed by atoms with Gasteiger partial charge in [0.05, 0.1) is 18.8 Å². The molecule has 10 heteroatoms. The Hall–Kier alpha value is -3.82. The number of rotatable bonds is 3. The molecule has 0 N–H and O–H groups in total. The number of aromatic nitrogens is 4. The van der Waals surface area contributed by atoms with Crippen LogP contribution in [0.3, 0.4) is 0 Å². The highest BCUT2D eigenvalue weighted by Crippen LogP contribution is 2.45. The molecule has 3 aromatic rings. The van der Waals surface area contributed by atoms with Crippen molar-refractivity contribution in [3.63, 3.8) is 0 Å². The Morgan fingerprint density at radius 3 is 2.41 bits per heavy atom. The van der Waals surface area contributed by atoms with E-state index in [0.29, 0.717) is 18.8 Å². The van der Waals surface area contributed by atoms with E-state index in [2.05, 4.69) is 14.9 Å². The van der Waals surface area contributed by atoms with Crippen LogP contribution in [0.15, 0.2) is 43.0 Å². The number of pyridine rings is 2. The Bertz CT molecular complexity index is 1300. The van der Waals surface area contributed by atoms with Crippen LogP contribution in [-0.2, 0) is 14.3 Å². The molecule has 5 heterocycles. The summed E-state index contributed by atoms with van der Waals surface area (Å²) in [5, 5.41) is 0.943. The van der Waals surface area contributed by atoms with Crippen molar-refractivity contribution < 1.29 is 19.1 Å². The van der Waals surface area contributed by atoms with Gasteiger partial charge in [0.2, 0.25) is 0 Å². The maximum atomic E-state index is 13.0. The summed E-state index contributed by atoms with van der Waals surface area (Å²) in [6.45, 7) is 7.41. The number of esters is 1. The standard InChI is InChI=1S/C27H32N6O4/c1-26(2,3)37-25(35)33-17-27(15-21(33)24(34)36-4)8-13-32(14-9-27)23-19-7-12-29-16-20(19)30-22(31-23)18-5-10-28-11-6-18/h5-7,10-12,16,21H,8-9,13-15,17H2,1-4H3. The van der Waals surface area contributed by atoms with Crippen molar-refractivity contribution in [1.82, 2.24) is 24.8 Å². The van der Waals surface area contributed by atoms with Crippen LogP contribution in [0.5, 0.6) is 0 Å². The van der Waals surface area contributed by atoms with Gasteiger partial charge in [-0.2, -0.15) is 0 Å². The molecule has 10 nitrogen and oxygen atoms in total. The van der Waals surface area contributed by atoms with E-state index in [0.717, 1.165) is 48.2 Å². The molecular weight excluding hydrogens is 472 g/mol. The highest BCUT2D eigenvalue weighted by molar-refractivity contribution is 5.90. The number of fused-ring (bicyclic) bond motifs is 1. The van der Waals surface area contributed by atoms with Crippen molar-refractivity contribution in [1.29, 1.82) is 0 Å². The molecule has 1 spiro atoms. The Balaban J connectivity index is 1.40. The second kappa shape index (κ2) is 9.57. The quantitative estimate of drug-likeness (QED) is 0.491. The van der Waals surface area contributed by atoms with Crippen molar-refractivity contribution in [3.8, 4) is 11.4 Å². The van der Waals surface area contributed by atoms with Gasteiger partial charge in [0.1, 0.15) is 17.5 Å². The number of carbonyl (C=O) groups excluding carboxylic acids is 2. The van der Waals surface area contributed by atoms with Gasteiger partial charge in [-0.1, -0.05) is 0 Å². The minimum atomic E-state index is -0.647. The monoisotopic (exact) mass is 504 g/mol. The summed E-state index contributed by atoms with van der Waals surface area (Å²) in [6.07, 6.45) is 8.66. The SMILES string of the molecule is COC(=O)C1CC2(CCN(c3nc(-c4ccncc4)nc4cnccc34)CC2)CN1C(=O)OC(C)(C)C. The molecule has 0 radical (unpaired) electrons. The zero-order chi connectivity index (χ0) is 26.2. The molecule has 1 amide bonds. The molecule has 37 heavy (non-hydrogen) atoms. The topological polar surface area (TPSA) is 111 Å². The smallest absolute Gasteiger partial charge is 0.411 e. The van der Waals surface area contributed by atoms with Crippen molar-refractivity contribution in [2.24, 2.45) is 5.41 Å². The molecule has 1 atom stereocenters. The molecule has 2 aliphatic heterocycles. The van der Waals surface area contributed by atoms with E-state index in [1.165, 1.54) is 7.11 Å². The second-order valence-corrected chi connectivity index (χ2v) is 10.8. The highest BCUT2D eigenvalue weighted by Gasteiger charge is 2.51. The van der Waals surface area contributed by atoms with Gasteiger partial charge in [-0.15, -0.1) is 0 Å². The predicted molar refractivity (Wildman–Crippen MR) is 138 cm³/mol. The summed E-state index contributed by atoms with van der Waals surface area (Å²) in [5.41, 5.74) is 0.833. The lowest BCUT2D eigenvalue weighted by molar-refractivity contribution is -0.145. The third-order valence-electron chi connectivity index (χ3n) is 7.15. The van der Waals surface area contributed by atoms with Crippen LogP contribution in [0.4, 0.5) is 10.6 Å². The third kappa shape index (κ3) is 5.05. The summed E-state index contributed by atoms with van der Waals surface area (Å²) < 4.78 is 10.7. The van der Waals surface area contributed by atoms with Crippen LogP contribution in [-0.4, -0.2) is 75.3 Å². The van der Waals surface area contributed by atoms with Crippen molar-refractivity contribution in [2.45, 2.75) is 51.7 Å². The van der Waals surface area contributed by atoms with Crippen LogP contribution in [0.2, 0.25) is 0 Å². The first-order valence-corrected chi connectivity index (χ1v) is 12.5. The van der Waals surface area contributed by atoms with Crippen LogP contribution < -0.4 is 4.90 Å². The number of piperidine rings is 1. The van der Waals surface area contributed by atoms with Crippen LogP contribution in [0, 0.1) is 5.41 Å². The number of nitrogens with zero attached hydrogens (tertiary/aromatic N) is 6. The van der Waals surface area contributed by atoms with Crippen LogP contribution in [0.25, 0.3) is 22.3 Å². The lowest BCUT2D eigenvalue weighted by atomic mass is 9.76. The molecule has 0 aliphatic carbocycles. The van der Waals surface area contributed by atoms with Crippen molar-refractivity contribution in [3.05, 3.63) is 43.0 Å². The minimum Gasteiger partial charge on any atom is -0.467 e. The molecule has 0 bridgehead atoms. The number of methoxy groups -OCH3 is 1. The number of likely N-dealkylation sites (tertiary alicyclic amines) is 1. The summed E-state index contributed by atoms with van der Waals surface area (Å²) in [6, 6.07) is 5.08. The predicted octanol–water partition coefficient (Wildman–Crippen LogP) is 3.86. The summed E-state index contributed by atoms with van der Waals surface area (Å²) >= 11 is 0. The summed E-state index contributed by atoms with van der Waals surface area (Å²) in [4.78, 5) is 47.5. The van der Waals surface area contributed by atoms with Crippen LogP contribution in [0.1, 0.15) is 40.0 Å². The van der Waals surface area contributed by atoms with Gasteiger partial charge < -0.3 is 14.4 Å².